The lowest BCUT2D eigenvalue weighted by Gasteiger charge is -1.98. The van der Waals surface area contributed by atoms with Gasteiger partial charge in [0, 0.05) is 0 Å². The average molecular weight is 295 g/mol. The molecule has 0 amide bonds. The SMILES string of the molecule is O=[P+](O)c1ccccc1.c1ccc(-c2ccccc2)cc1. The lowest BCUT2D eigenvalue weighted by molar-refractivity contribution is 0.513. The molecule has 0 aliphatic rings. The predicted octanol–water partition coefficient (Wildman–Crippen LogP) is 4.40. The normalized spacial score (nSPS) is 10.2. The molecule has 1 N–H and O–H groups in total. The van der Waals surface area contributed by atoms with Crippen LogP contribution in [-0.4, -0.2) is 4.89 Å². The largest absolute Gasteiger partial charge is 0.546 e. The second-order valence-corrected chi connectivity index (χ2v) is 5.40. The number of hydrogen-bond acceptors (Lipinski definition) is 1. The zero-order valence-electron chi connectivity index (χ0n) is 11.5. The second-order valence-electron chi connectivity index (χ2n) is 4.34. The van der Waals surface area contributed by atoms with E-state index in [2.05, 4.69) is 48.5 Å². The molecule has 0 spiro atoms. The van der Waals surface area contributed by atoms with Gasteiger partial charge in [-0.25, -0.2) is 0 Å². The van der Waals surface area contributed by atoms with Crippen molar-refractivity contribution in [2.24, 2.45) is 0 Å². The molecule has 0 aromatic heterocycles. The van der Waals surface area contributed by atoms with Gasteiger partial charge >= 0.3 is 8.03 Å². The molecule has 2 nitrogen and oxygen atoms in total. The van der Waals surface area contributed by atoms with E-state index in [-0.39, 0.29) is 0 Å². The number of benzene rings is 3. The van der Waals surface area contributed by atoms with Crippen LogP contribution in [0.3, 0.4) is 0 Å². The van der Waals surface area contributed by atoms with Crippen LogP contribution in [0, 0.1) is 0 Å². The van der Waals surface area contributed by atoms with Crippen molar-refractivity contribution in [1.29, 1.82) is 0 Å². The molecule has 1 atom stereocenters. The van der Waals surface area contributed by atoms with Crippen LogP contribution in [0.15, 0.2) is 91.0 Å². The van der Waals surface area contributed by atoms with Gasteiger partial charge in [0.05, 0.1) is 0 Å². The van der Waals surface area contributed by atoms with Gasteiger partial charge in [-0.15, -0.1) is 0 Å². The first kappa shape index (κ1) is 15.1. The minimum atomic E-state index is -2.15. The van der Waals surface area contributed by atoms with Gasteiger partial charge in [0.25, 0.3) is 0 Å². The maximum absolute atomic E-state index is 10.3. The van der Waals surface area contributed by atoms with Crippen molar-refractivity contribution in [3.63, 3.8) is 0 Å². The van der Waals surface area contributed by atoms with Gasteiger partial charge in [-0.1, -0.05) is 78.9 Å². The molecule has 0 fully saturated rings. The Kier molecular flexibility index (Phi) is 5.83. The van der Waals surface area contributed by atoms with Gasteiger partial charge < -0.3 is 0 Å². The molecular formula is C18H16O2P+. The van der Waals surface area contributed by atoms with E-state index in [0.29, 0.717) is 5.30 Å². The molecule has 0 saturated carbocycles. The summed E-state index contributed by atoms with van der Waals surface area (Å²) in [6.07, 6.45) is 0. The highest BCUT2D eigenvalue weighted by atomic mass is 31.1. The van der Waals surface area contributed by atoms with Gasteiger partial charge in [0.15, 0.2) is 0 Å². The summed E-state index contributed by atoms with van der Waals surface area (Å²) in [7, 11) is -2.15. The fourth-order valence-corrected chi connectivity index (χ4v) is 2.24. The molecule has 3 rings (SSSR count). The number of rotatable bonds is 2. The van der Waals surface area contributed by atoms with Gasteiger partial charge in [-0.05, 0) is 27.8 Å². The van der Waals surface area contributed by atoms with Crippen LogP contribution in [-0.2, 0) is 4.57 Å². The Morgan fingerprint density at radius 3 is 1.19 bits per heavy atom. The van der Waals surface area contributed by atoms with Crippen LogP contribution in [0.4, 0.5) is 0 Å². The smallest absolute Gasteiger partial charge is 0.156 e. The van der Waals surface area contributed by atoms with E-state index < -0.39 is 8.03 Å². The van der Waals surface area contributed by atoms with E-state index in [4.69, 9.17) is 4.89 Å². The summed E-state index contributed by atoms with van der Waals surface area (Å²) >= 11 is 0. The number of hydrogen-bond donors (Lipinski definition) is 1. The van der Waals surface area contributed by atoms with Gasteiger partial charge in [0.1, 0.15) is 0 Å². The quantitative estimate of drug-likeness (QED) is 0.711. The van der Waals surface area contributed by atoms with E-state index in [1.54, 1.807) is 24.3 Å². The maximum atomic E-state index is 10.3. The Bertz CT molecular complexity index is 630. The third-order valence-corrected chi connectivity index (χ3v) is 3.60. The predicted molar refractivity (Wildman–Crippen MR) is 87.8 cm³/mol. The van der Waals surface area contributed by atoms with Gasteiger partial charge in [0.2, 0.25) is 5.30 Å². The van der Waals surface area contributed by atoms with Crippen molar-refractivity contribution in [1.82, 2.24) is 0 Å². The molecule has 0 radical (unpaired) electrons. The van der Waals surface area contributed by atoms with Crippen molar-refractivity contribution in [3.05, 3.63) is 91.0 Å². The van der Waals surface area contributed by atoms with Crippen LogP contribution in [0.1, 0.15) is 0 Å². The van der Waals surface area contributed by atoms with Gasteiger partial charge in [-0.3, -0.25) is 0 Å². The standard InChI is InChI=1S/C12H10.C6H5O2P/c1-3-7-11(8-4-1)12-9-5-2-6-10-12;7-9(8)6-4-2-1-3-5-6/h1-10H;1-5H/p+1. The summed E-state index contributed by atoms with van der Waals surface area (Å²) < 4.78 is 10.3. The van der Waals surface area contributed by atoms with Crippen LogP contribution < -0.4 is 5.30 Å². The van der Waals surface area contributed by atoms with E-state index >= 15 is 0 Å². The van der Waals surface area contributed by atoms with Crippen molar-refractivity contribution in [3.8, 4) is 11.1 Å². The molecule has 0 saturated heterocycles. The van der Waals surface area contributed by atoms with Crippen molar-refractivity contribution < 1.29 is 9.46 Å². The minimum Gasteiger partial charge on any atom is -0.156 e. The lowest BCUT2D eigenvalue weighted by atomic mass is 10.1. The van der Waals surface area contributed by atoms with E-state index in [0.717, 1.165) is 0 Å². The Balaban J connectivity index is 0.000000161. The summed E-state index contributed by atoms with van der Waals surface area (Å²) in [4.78, 5) is 8.53. The highest BCUT2D eigenvalue weighted by Crippen LogP contribution is 2.17. The maximum Gasteiger partial charge on any atom is 0.546 e. The molecule has 104 valence electrons. The van der Waals surface area contributed by atoms with Crippen molar-refractivity contribution >= 4 is 13.3 Å². The summed E-state index contributed by atoms with van der Waals surface area (Å²) in [5.74, 6) is 0. The molecule has 3 heteroatoms. The molecule has 0 bridgehead atoms. The molecule has 21 heavy (non-hydrogen) atoms. The zero-order valence-corrected chi connectivity index (χ0v) is 12.4. The highest BCUT2D eigenvalue weighted by molar-refractivity contribution is 7.47. The van der Waals surface area contributed by atoms with Crippen molar-refractivity contribution in [2.45, 2.75) is 0 Å². The third-order valence-electron chi connectivity index (χ3n) is 2.86. The molecule has 1 unspecified atom stereocenters. The Hall–Kier alpha value is -2.28. The molecule has 3 aromatic carbocycles. The molecule has 0 heterocycles. The Labute approximate surface area is 125 Å². The second kappa shape index (κ2) is 8.11. The van der Waals surface area contributed by atoms with Crippen LogP contribution in [0.2, 0.25) is 0 Å². The van der Waals surface area contributed by atoms with E-state index in [1.807, 2.05) is 18.2 Å². The average Bonchev–Trinajstić information content (AvgIpc) is 2.58. The Morgan fingerprint density at radius 2 is 0.905 bits per heavy atom. The molecule has 0 aliphatic carbocycles. The zero-order chi connectivity index (χ0) is 14.9. The van der Waals surface area contributed by atoms with Crippen LogP contribution in [0.5, 0.6) is 0 Å². The van der Waals surface area contributed by atoms with Crippen molar-refractivity contribution in [2.75, 3.05) is 0 Å². The molecular weight excluding hydrogens is 279 g/mol. The van der Waals surface area contributed by atoms with E-state index in [9.17, 15) is 4.57 Å². The van der Waals surface area contributed by atoms with Gasteiger partial charge in [-0.2, -0.15) is 4.89 Å². The summed E-state index contributed by atoms with van der Waals surface area (Å²) in [5.41, 5.74) is 2.55. The van der Waals surface area contributed by atoms with Crippen LogP contribution >= 0.6 is 8.03 Å². The summed E-state index contributed by atoms with van der Waals surface area (Å²) in [6, 6.07) is 29.3. The summed E-state index contributed by atoms with van der Waals surface area (Å²) in [5, 5.41) is 0.479. The fourth-order valence-electron chi connectivity index (χ4n) is 1.82. The molecule has 3 aromatic rings. The summed E-state index contributed by atoms with van der Waals surface area (Å²) in [6.45, 7) is 0. The fraction of sp³-hybridized carbons (Fsp3) is 0. The lowest BCUT2D eigenvalue weighted by Crippen LogP contribution is -1.91. The first-order valence-electron chi connectivity index (χ1n) is 6.59. The van der Waals surface area contributed by atoms with E-state index in [1.165, 1.54) is 11.1 Å². The third kappa shape index (κ3) is 4.96. The first-order chi connectivity index (χ1) is 10.3. The highest BCUT2D eigenvalue weighted by Gasteiger charge is 2.12. The first-order valence-corrected chi connectivity index (χ1v) is 7.80. The monoisotopic (exact) mass is 295 g/mol. The Morgan fingerprint density at radius 1 is 0.571 bits per heavy atom. The molecule has 0 aliphatic heterocycles. The topological polar surface area (TPSA) is 37.3 Å². The minimum absolute atomic E-state index is 0.479. The van der Waals surface area contributed by atoms with Crippen LogP contribution in [0.25, 0.3) is 11.1 Å².